The highest BCUT2D eigenvalue weighted by Gasteiger charge is 2.12. The molecule has 4 N–H and O–H groups in total. The molecule has 0 aromatic carbocycles. The molecule has 0 aliphatic heterocycles. The van der Waals surface area contributed by atoms with Gasteiger partial charge in [-0.05, 0) is 26.8 Å². The minimum atomic E-state index is 0.547. The van der Waals surface area contributed by atoms with Crippen molar-refractivity contribution in [2.75, 3.05) is 39.4 Å². The first-order chi connectivity index (χ1) is 7.15. The molecule has 0 amide bonds. The van der Waals surface area contributed by atoms with Crippen molar-refractivity contribution >= 4 is 0 Å². The highest BCUT2D eigenvalue weighted by atomic mass is 15.3. The third kappa shape index (κ3) is 6.84. The van der Waals surface area contributed by atoms with Gasteiger partial charge in [0, 0.05) is 32.2 Å². The monoisotopic (exact) mass is 216 g/mol. The Morgan fingerprint density at radius 1 is 1.00 bits per heavy atom. The van der Waals surface area contributed by atoms with Crippen LogP contribution in [0.3, 0.4) is 0 Å². The van der Waals surface area contributed by atoms with E-state index in [4.69, 9.17) is 11.5 Å². The Morgan fingerprint density at radius 3 is 2.00 bits per heavy atom. The highest BCUT2D eigenvalue weighted by molar-refractivity contribution is 4.65. The molecular formula is C11H28N4. The van der Waals surface area contributed by atoms with Crippen molar-refractivity contribution in [3.8, 4) is 0 Å². The molecule has 4 nitrogen and oxygen atoms in total. The molecule has 0 aromatic rings. The molecule has 0 aliphatic rings. The predicted molar refractivity (Wildman–Crippen MR) is 66.7 cm³/mol. The van der Waals surface area contributed by atoms with E-state index in [2.05, 4.69) is 30.6 Å². The largest absolute Gasteiger partial charge is 0.329 e. The number of hydrogen-bond donors (Lipinski definition) is 2. The first-order valence-electron chi connectivity index (χ1n) is 6.02. The second-order valence-corrected chi connectivity index (χ2v) is 4.24. The van der Waals surface area contributed by atoms with Crippen molar-refractivity contribution in [3.05, 3.63) is 0 Å². The molecule has 0 radical (unpaired) electrons. The van der Waals surface area contributed by atoms with Crippen LogP contribution >= 0.6 is 0 Å². The lowest BCUT2D eigenvalue weighted by Gasteiger charge is -2.32. The standard InChI is InChI=1S/C11H28N4/c1-4-7-14(8-5-12)10-15(9-6-13)11(2)3/h11H,4-10,12-13H2,1-3H3. The highest BCUT2D eigenvalue weighted by Crippen LogP contribution is 2.00. The van der Waals surface area contributed by atoms with E-state index in [0.717, 1.165) is 39.4 Å². The van der Waals surface area contributed by atoms with Crippen LogP contribution in [0.2, 0.25) is 0 Å². The summed E-state index contributed by atoms with van der Waals surface area (Å²) in [5.41, 5.74) is 11.2. The summed E-state index contributed by atoms with van der Waals surface area (Å²) < 4.78 is 0. The summed E-state index contributed by atoms with van der Waals surface area (Å²) in [6.07, 6.45) is 1.18. The third-order valence-corrected chi connectivity index (χ3v) is 2.51. The molecule has 0 saturated carbocycles. The molecule has 0 saturated heterocycles. The summed E-state index contributed by atoms with van der Waals surface area (Å²) in [7, 11) is 0. The van der Waals surface area contributed by atoms with E-state index in [-0.39, 0.29) is 0 Å². The fourth-order valence-electron chi connectivity index (χ4n) is 1.67. The van der Waals surface area contributed by atoms with E-state index in [1.165, 1.54) is 6.42 Å². The van der Waals surface area contributed by atoms with Crippen molar-refractivity contribution in [2.24, 2.45) is 11.5 Å². The fourth-order valence-corrected chi connectivity index (χ4v) is 1.67. The normalized spacial score (nSPS) is 12.0. The summed E-state index contributed by atoms with van der Waals surface area (Å²) in [6.45, 7) is 12.1. The van der Waals surface area contributed by atoms with Gasteiger partial charge in [0.05, 0.1) is 6.67 Å². The van der Waals surface area contributed by atoms with E-state index < -0.39 is 0 Å². The van der Waals surface area contributed by atoms with Crippen LogP contribution in [-0.4, -0.2) is 55.2 Å². The van der Waals surface area contributed by atoms with E-state index in [1.54, 1.807) is 0 Å². The maximum absolute atomic E-state index is 5.61. The van der Waals surface area contributed by atoms with Gasteiger partial charge < -0.3 is 11.5 Å². The van der Waals surface area contributed by atoms with Crippen molar-refractivity contribution in [2.45, 2.75) is 33.2 Å². The van der Waals surface area contributed by atoms with Crippen LogP contribution in [0.5, 0.6) is 0 Å². The van der Waals surface area contributed by atoms with Gasteiger partial charge >= 0.3 is 0 Å². The van der Waals surface area contributed by atoms with E-state index in [1.807, 2.05) is 0 Å². The van der Waals surface area contributed by atoms with Crippen molar-refractivity contribution in [1.29, 1.82) is 0 Å². The van der Waals surface area contributed by atoms with E-state index in [0.29, 0.717) is 6.04 Å². The number of hydrogen-bond acceptors (Lipinski definition) is 4. The molecule has 0 atom stereocenters. The van der Waals surface area contributed by atoms with Crippen LogP contribution in [-0.2, 0) is 0 Å². The quantitative estimate of drug-likeness (QED) is 0.544. The zero-order valence-corrected chi connectivity index (χ0v) is 10.6. The van der Waals surface area contributed by atoms with Crippen LogP contribution in [0.1, 0.15) is 27.2 Å². The molecule has 0 rings (SSSR count). The van der Waals surface area contributed by atoms with Gasteiger partial charge in [0.15, 0.2) is 0 Å². The Balaban J connectivity index is 4.06. The minimum Gasteiger partial charge on any atom is -0.329 e. The smallest absolute Gasteiger partial charge is 0.0509 e. The van der Waals surface area contributed by atoms with Crippen molar-refractivity contribution in [1.82, 2.24) is 9.80 Å². The molecule has 0 unspecified atom stereocenters. The topological polar surface area (TPSA) is 58.5 Å². The van der Waals surface area contributed by atoms with Gasteiger partial charge in [0.1, 0.15) is 0 Å². The van der Waals surface area contributed by atoms with Gasteiger partial charge in [-0.15, -0.1) is 0 Å². The number of nitrogens with zero attached hydrogens (tertiary/aromatic N) is 2. The summed E-state index contributed by atoms with van der Waals surface area (Å²) in [5, 5.41) is 0. The first-order valence-corrected chi connectivity index (χ1v) is 6.02. The molecule has 4 heteroatoms. The molecule has 0 aromatic heterocycles. The SMILES string of the molecule is CCCN(CCN)CN(CCN)C(C)C. The summed E-state index contributed by atoms with van der Waals surface area (Å²) >= 11 is 0. The minimum absolute atomic E-state index is 0.547. The Bertz CT molecular complexity index is 133. The van der Waals surface area contributed by atoms with Gasteiger partial charge in [-0.25, -0.2) is 0 Å². The molecular weight excluding hydrogens is 188 g/mol. The third-order valence-electron chi connectivity index (χ3n) is 2.51. The Morgan fingerprint density at radius 2 is 1.60 bits per heavy atom. The van der Waals surface area contributed by atoms with Gasteiger partial charge in [-0.2, -0.15) is 0 Å². The van der Waals surface area contributed by atoms with Crippen molar-refractivity contribution in [3.63, 3.8) is 0 Å². The van der Waals surface area contributed by atoms with Gasteiger partial charge in [0.2, 0.25) is 0 Å². The summed E-state index contributed by atoms with van der Waals surface area (Å²) in [5.74, 6) is 0. The van der Waals surface area contributed by atoms with Gasteiger partial charge in [0.25, 0.3) is 0 Å². The van der Waals surface area contributed by atoms with Crippen LogP contribution < -0.4 is 11.5 Å². The zero-order chi connectivity index (χ0) is 11.7. The van der Waals surface area contributed by atoms with Gasteiger partial charge in [-0.3, -0.25) is 9.80 Å². The molecule has 92 valence electrons. The van der Waals surface area contributed by atoms with Crippen LogP contribution in [0.4, 0.5) is 0 Å². The molecule has 0 heterocycles. The Kier molecular flexibility index (Phi) is 9.00. The lowest BCUT2D eigenvalue weighted by molar-refractivity contribution is 0.110. The predicted octanol–water partition coefficient (Wildman–Crippen LogP) is 0.284. The maximum Gasteiger partial charge on any atom is 0.0509 e. The van der Waals surface area contributed by atoms with Crippen LogP contribution in [0.25, 0.3) is 0 Å². The molecule has 0 fully saturated rings. The second-order valence-electron chi connectivity index (χ2n) is 4.24. The summed E-state index contributed by atoms with van der Waals surface area (Å²) in [6, 6.07) is 0.547. The molecule has 15 heavy (non-hydrogen) atoms. The average Bonchev–Trinajstić information content (AvgIpc) is 2.17. The molecule has 0 spiro atoms. The number of nitrogens with two attached hydrogens (primary N) is 2. The molecule has 0 bridgehead atoms. The van der Waals surface area contributed by atoms with E-state index in [9.17, 15) is 0 Å². The van der Waals surface area contributed by atoms with E-state index >= 15 is 0 Å². The second kappa shape index (κ2) is 9.09. The zero-order valence-electron chi connectivity index (χ0n) is 10.6. The Labute approximate surface area is 94.6 Å². The lowest BCUT2D eigenvalue weighted by Crippen LogP contribution is -2.45. The van der Waals surface area contributed by atoms with Gasteiger partial charge in [-0.1, -0.05) is 6.92 Å². The number of rotatable bonds is 9. The van der Waals surface area contributed by atoms with Crippen LogP contribution in [0, 0.1) is 0 Å². The fraction of sp³-hybridized carbons (Fsp3) is 1.00. The average molecular weight is 216 g/mol. The van der Waals surface area contributed by atoms with Crippen molar-refractivity contribution < 1.29 is 0 Å². The summed E-state index contributed by atoms with van der Waals surface area (Å²) in [4.78, 5) is 4.79. The lowest BCUT2D eigenvalue weighted by atomic mass is 10.3. The Hall–Kier alpha value is -0.160. The van der Waals surface area contributed by atoms with Crippen LogP contribution in [0.15, 0.2) is 0 Å². The molecule has 0 aliphatic carbocycles. The first kappa shape index (κ1) is 14.8. The maximum atomic E-state index is 5.61.